The van der Waals surface area contributed by atoms with E-state index in [0.717, 1.165) is 110 Å². The summed E-state index contributed by atoms with van der Waals surface area (Å²) in [6.07, 6.45) is 7.79. The summed E-state index contributed by atoms with van der Waals surface area (Å²) in [6, 6.07) is 17.9. The van der Waals surface area contributed by atoms with Crippen LogP contribution in [0.1, 0.15) is 63.1 Å². The number of halogens is 1. The van der Waals surface area contributed by atoms with Crippen molar-refractivity contribution in [2.75, 3.05) is 86.7 Å². The van der Waals surface area contributed by atoms with Crippen LogP contribution in [-0.4, -0.2) is 121 Å². The van der Waals surface area contributed by atoms with Gasteiger partial charge in [-0.1, -0.05) is 37.3 Å². The number of pyridine rings is 1. The number of ether oxygens (including phenoxy) is 1. The molecule has 3 aromatic carbocycles. The maximum absolute atomic E-state index is 13.8. The smallest absolute Gasteiger partial charge is 0.249 e. The van der Waals surface area contributed by atoms with Crippen LogP contribution in [-0.2, 0) is 37.2 Å². The number of anilines is 6. The Labute approximate surface area is 400 Å². The molecule has 1 unspecified atom stereocenters. The summed E-state index contributed by atoms with van der Waals surface area (Å²) < 4.78 is 20.2. The second-order valence-corrected chi connectivity index (χ2v) is 23.0. The van der Waals surface area contributed by atoms with E-state index in [2.05, 4.69) is 81.7 Å². The first kappa shape index (κ1) is 46.7. The van der Waals surface area contributed by atoms with Gasteiger partial charge in [0.2, 0.25) is 23.7 Å². The van der Waals surface area contributed by atoms with E-state index in [4.69, 9.17) is 9.72 Å². The monoisotopic (exact) mass is 990 g/mol. The molecule has 3 saturated heterocycles. The third-order valence-electron chi connectivity index (χ3n) is 14.0. The molecule has 3 N–H and O–H groups in total. The Morgan fingerprint density at radius 1 is 0.881 bits per heavy atom. The highest BCUT2D eigenvalue weighted by atomic mass is 79.9. The standard InChI is InChI=1S/C50H60BrN10O5P/c1-7-31-27-37(55-49-53-29-35(51)46(57-49)54-38-30-52-36-13-9-8-12-34(36)45(38)67(5,6)65)42(66-4)28-41(31)60-21-18-33(19-22-60)59-25-23-58(24-26-59)20-17-32-11-10-14-39-44(32)50(2,3)48(64)61(39)40-15-16-43(62)56-47(40)63/h8-14,27-30,33,40H,7,15-26H2,1-6H3,(H,56,62,63)(H2,53,54,55,57). The first-order valence-electron chi connectivity index (χ1n) is 23.4. The van der Waals surface area contributed by atoms with Crippen LogP contribution in [0, 0.1) is 0 Å². The number of aryl methyl sites for hydroxylation is 1. The quantitative estimate of drug-likeness (QED) is 0.0793. The highest BCUT2D eigenvalue weighted by Crippen LogP contribution is 2.46. The van der Waals surface area contributed by atoms with Gasteiger partial charge >= 0.3 is 0 Å². The number of piperidine rings is 2. The molecule has 352 valence electrons. The van der Waals surface area contributed by atoms with E-state index < -0.39 is 24.5 Å². The molecule has 4 aliphatic rings. The van der Waals surface area contributed by atoms with Gasteiger partial charge in [-0.05, 0) is 110 Å². The summed E-state index contributed by atoms with van der Waals surface area (Å²) in [4.78, 5) is 61.9. The summed E-state index contributed by atoms with van der Waals surface area (Å²) in [5.74, 6) is 0.831. The Morgan fingerprint density at radius 2 is 1.64 bits per heavy atom. The fourth-order valence-electron chi connectivity index (χ4n) is 10.6. The molecule has 0 saturated carbocycles. The molecule has 3 amide bonds. The minimum absolute atomic E-state index is 0.0861. The lowest BCUT2D eigenvalue weighted by molar-refractivity contribution is -0.136. The van der Waals surface area contributed by atoms with Crippen molar-refractivity contribution in [3.05, 3.63) is 88.2 Å². The van der Waals surface area contributed by atoms with E-state index in [-0.39, 0.29) is 18.2 Å². The minimum atomic E-state index is -2.72. The van der Waals surface area contributed by atoms with Crippen molar-refractivity contribution in [2.45, 2.75) is 76.8 Å². The number of carbonyl (C=O) groups is 3. The van der Waals surface area contributed by atoms with E-state index in [1.807, 2.05) is 50.2 Å². The van der Waals surface area contributed by atoms with Crippen LogP contribution in [0.3, 0.4) is 0 Å². The Bertz CT molecular complexity index is 2780. The SMILES string of the molecule is CCc1cc(Nc2ncc(Br)c(Nc3cnc4ccccc4c3P(C)(C)=O)n2)c(OC)cc1N1CCC(N2CCN(CCc3cccc4c3C(C)(C)C(=O)N4C3CCC(=O)NC3=O)CC2)CC1. The largest absolute Gasteiger partial charge is 0.494 e. The molecular weight excluding hydrogens is 931 g/mol. The zero-order chi connectivity index (χ0) is 47.2. The number of methoxy groups -OCH3 is 1. The van der Waals surface area contributed by atoms with Crippen molar-refractivity contribution in [3.63, 3.8) is 0 Å². The normalized spacial score (nSPS) is 19.4. The van der Waals surface area contributed by atoms with Crippen LogP contribution >= 0.6 is 23.1 Å². The van der Waals surface area contributed by atoms with Crippen LogP contribution in [0.25, 0.3) is 10.9 Å². The Kier molecular flexibility index (Phi) is 13.2. The Morgan fingerprint density at radius 3 is 2.36 bits per heavy atom. The topological polar surface area (TPSA) is 165 Å². The van der Waals surface area contributed by atoms with Gasteiger partial charge in [0.15, 0.2) is 0 Å². The predicted molar refractivity (Wildman–Crippen MR) is 270 cm³/mol. The van der Waals surface area contributed by atoms with Crippen LogP contribution in [0.2, 0.25) is 0 Å². The van der Waals surface area contributed by atoms with Crippen molar-refractivity contribution < 1.29 is 23.7 Å². The summed E-state index contributed by atoms with van der Waals surface area (Å²) in [5, 5.41) is 10.8. The highest BCUT2D eigenvalue weighted by molar-refractivity contribution is 9.10. The average molecular weight is 992 g/mol. The predicted octanol–water partition coefficient (Wildman–Crippen LogP) is 7.35. The lowest BCUT2D eigenvalue weighted by Gasteiger charge is -2.43. The number of nitrogens with one attached hydrogen (secondary N) is 3. The fraction of sp³-hybridized carbons (Fsp3) is 0.440. The van der Waals surface area contributed by atoms with Gasteiger partial charge in [-0.3, -0.25) is 34.5 Å². The molecule has 0 spiro atoms. The molecule has 15 nitrogen and oxygen atoms in total. The first-order valence-corrected chi connectivity index (χ1v) is 26.8. The van der Waals surface area contributed by atoms with Gasteiger partial charge in [0.25, 0.3) is 0 Å². The molecular formula is C50H60BrN10O5P. The van der Waals surface area contributed by atoms with Crippen molar-refractivity contribution in [2.24, 2.45) is 0 Å². The molecule has 0 bridgehead atoms. The molecule has 5 aromatic rings. The average Bonchev–Trinajstić information content (AvgIpc) is 3.52. The molecule has 3 fully saturated rings. The summed E-state index contributed by atoms with van der Waals surface area (Å²) in [6.45, 7) is 16.5. The molecule has 2 aromatic heterocycles. The molecule has 6 heterocycles. The van der Waals surface area contributed by atoms with E-state index in [1.54, 1.807) is 37.7 Å². The van der Waals surface area contributed by atoms with Gasteiger partial charge in [0.1, 0.15) is 24.8 Å². The summed E-state index contributed by atoms with van der Waals surface area (Å²) in [7, 11) is -1.03. The number of carbonyl (C=O) groups excluding carboxylic acids is 3. The number of para-hydroxylation sites is 1. The van der Waals surface area contributed by atoms with Gasteiger partial charge < -0.3 is 29.7 Å². The van der Waals surface area contributed by atoms with Gasteiger partial charge in [0, 0.05) is 92.6 Å². The first-order chi connectivity index (χ1) is 32.1. The molecule has 17 heteroatoms. The third kappa shape index (κ3) is 9.29. The summed E-state index contributed by atoms with van der Waals surface area (Å²) in [5.41, 5.74) is 6.77. The lowest BCUT2D eigenvalue weighted by Crippen LogP contribution is -2.55. The number of aromatic nitrogens is 3. The highest BCUT2D eigenvalue weighted by Gasteiger charge is 2.50. The second kappa shape index (κ2) is 18.9. The van der Waals surface area contributed by atoms with Gasteiger partial charge in [-0.2, -0.15) is 4.98 Å². The van der Waals surface area contributed by atoms with E-state index in [9.17, 15) is 18.9 Å². The lowest BCUT2D eigenvalue weighted by atomic mass is 9.82. The van der Waals surface area contributed by atoms with E-state index >= 15 is 0 Å². The number of hydrogen-bond acceptors (Lipinski definition) is 13. The van der Waals surface area contributed by atoms with Crippen LogP contribution in [0.15, 0.2) is 71.5 Å². The fourth-order valence-corrected chi connectivity index (χ4v) is 12.3. The van der Waals surface area contributed by atoms with Gasteiger partial charge in [0.05, 0.1) is 40.1 Å². The number of benzene rings is 3. The van der Waals surface area contributed by atoms with Crippen molar-refractivity contribution in [1.29, 1.82) is 0 Å². The minimum Gasteiger partial charge on any atom is -0.494 e. The zero-order valence-corrected chi connectivity index (χ0v) is 41.7. The molecule has 4 aliphatic heterocycles. The molecule has 1 atom stereocenters. The van der Waals surface area contributed by atoms with Crippen molar-refractivity contribution >= 4 is 91.5 Å². The van der Waals surface area contributed by atoms with E-state index in [1.165, 1.54) is 11.3 Å². The number of piperazine rings is 1. The molecule has 9 rings (SSSR count). The molecule has 67 heavy (non-hydrogen) atoms. The van der Waals surface area contributed by atoms with E-state index in [0.29, 0.717) is 40.1 Å². The maximum atomic E-state index is 13.8. The number of imide groups is 1. The number of fused-ring (bicyclic) bond motifs is 2. The molecule has 0 radical (unpaired) electrons. The van der Waals surface area contributed by atoms with Crippen LogP contribution in [0.5, 0.6) is 5.75 Å². The summed E-state index contributed by atoms with van der Waals surface area (Å²) >= 11 is 3.61. The van der Waals surface area contributed by atoms with Crippen molar-refractivity contribution in [1.82, 2.24) is 30.1 Å². The Hall–Kier alpha value is -5.41. The number of nitrogens with zero attached hydrogens (tertiary/aromatic N) is 7. The Balaban J connectivity index is 0.813. The molecule has 0 aliphatic carbocycles. The maximum Gasteiger partial charge on any atom is 0.249 e. The van der Waals surface area contributed by atoms with Gasteiger partial charge in [-0.15, -0.1) is 0 Å². The zero-order valence-electron chi connectivity index (χ0n) is 39.2. The number of amides is 3. The van der Waals surface area contributed by atoms with Gasteiger partial charge in [-0.25, -0.2) is 4.98 Å². The van der Waals surface area contributed by atoms with Crippen LogP contribution < -0.4 is 35.8 Å². The second-order valence-electron chi connectivity index (χ2n) is 19.0. The number of hydrogen-bond donors (Lipinski definition) is 3. The van der Waals surface area contributed by atoms with Crippen molar-refractivity contribution in [3.8, 4) is 5.75 Å². The number of rotatable bonds is 13. The third-order valence-corrected chi connectivity index (χ3v) is 16.2. The van der Waals surface area contributed by atoms with Crippen LogP contribution in [0.4, 0.5) is 34.5 Å².